The summed E-state index contributed by atoms with van der Waals surface area (Å²) in [6.07, 6.45) is 2.95. The maximum absolute atomic E-state index is 12.4. The molecule has 4 aromatic rings. The van der Waals surface area contributed by atoms with Crippen molar-refractivity contribution in [3.63, 3.8) is 0 Å². The topological polar surface area (TPSA) is 86.5 Å². The van der Waals surface area contributed by atoms with Gasteiger partial charge in [-0.2, -0.15) is 0 Å². The number of carbonyl (C=O) groups is 2. The molecular formula is C27H28N4O3. The molecule has 0 bridgehead atoms. The molecule has 1 heterocycles. The van der Waals surface area contributed by atoms with Gasteiger partial charge >= 0.3 is 0 Å². The fourth-order valence-corrected chi connectivity index (χ4v) is 3.57. The molecule has 34 heavy (non-hydrogen) atoms. The van der Waals surface area contributed by atoms with Gasteiger partial charge in [0.2, 0.25) is 0 Å². The van der Waals surface area contributed by atoms with Crippen molar-refractivity contribution in [2.45, 2.75) is 6.42 Å². The molecule has 174 valence electrons. The van der Waals surface area contributed by atoms with Gasteiger partial charge in [0.05, 0.1) is 0 Å². The van der Waals surface area contributed by atoms with E-state index in [1.165, 1.54) is 5.56 Å². The first kappa shape index (κ1) is 23.1. The number of likely N-dealkylation sites (N-methyl/N-ethyl adjacent to an activating group) is 1. The van der Waals surface area contributed by atoms with Crippen molar-refractivity contribution in [1.82, 2.24) is 9.88 Å². The lowest BCUT2D eigenvalue weighted by Gasteiger charge is -2.10. The van der Waals surface area contributed by atoms with Crippen molar-refractivity contribution in [3.05, 3.63) is 90.1 Å². The summed E-state index contributed by atoms with van der Waals surface area (Å²) < 4.78 is 5.73. The first-order chi connectivity index (χ1) is 16.5. The molecule has 0 saturated heterocycles. The highest BCUT2D eigenvalue weighted by atomic mass is 16.5. The lowest BCUT2D eigenvalue weighted by molar-refractivity contribution is -0.118. The van der Waals surface area contributed by atoms with Gasteiger partial charge in [-0.15, -0.1) is 0 Å². The summed E-state index contributed by atoms with van der Waals surface area (Å²) in [6, 6.07) is 21.7. The van der Waals surface area contributed by atoms with E-state index in [1.807, 2.05) is 42.6 Å². The lowest BCUT2D eigenvalue weighted by atomic mass is 10.1. The van der Waals surface area contributed by atoms with E-state index in [0.29, 0.717) is 22.7 Å². The number of H-pyrrole nitrogens is 1. The Morgan fingerprint density at radius 1 is 0.912 bits per heavy atom. The molecule has 3 N–H and O–H groups in total. The third-order valence-corrected chi connectivity index (χ3v) is 5.40. The first-order valence-corrected chi connectivity index (χ1v) is 11.1. The molecule has 0 radical (unpaired) electrons. The van der Waals surface area contributed by atoms with Crippen LogP contribution in [-0.2, 0) is 11.2 Å². The van der Waals surface area contributed by atoms with Crippen molar-refractivity contribution in [3.8, 4) is 5.75 Å². The number of hydrogen-bond donors (Lipinski definition) is 3. The Bertz CT molecular complexity index is 1260. The van der Waals surface area contributed by atoms with Crippen LogP contribution in [0.5, 0.6) is 5.75 Å². The number of rotatable bonds is 9. The van der Waals surface area contributed by atoms with Gasteiger partial charge in [-0.1, -0.05) is 18.2 Å². The number of hydrogen-bond acceptors (Lipinski definition) is 4. The largest absolute Gasteiger partial charge is 0.484 e. The molecule has 4 rings (SSSR count). The summed E-state index contributed by atoms with van der Waals surface area (Å²) in [5.74, 6) is 0.199. The number of fused-ring (bicyclic) bond motifs is 1. The first-order valence-electron chi connectivity index (χ1n) is 11.1. The second-order valence-corrected chi connectivity index (χ2v) is 8.31. The predicted molar refractivity (Wildman–Crippen MR) is 136 cm³/mol. The van der Waals surface area contributed by atoms with Crippen LogP contribution >= 0.6 is 0 Å². The van der Waals surface area contributed by atoms with Gasteiger partial charge in [-0.05, 0) is 80.7 Å². The summed E-state index contributed by atoms with van der Waals surface area (Å²) in [7, 11) is 4.10. The van der Waals surface area contributed by atoms with Crippen molar-refractivity contribution >= 4 is 34.1 Å². The van der Waals surface area contributed by atoms with E-state index < -0.39 is 0 Å². The molecular weight excluding hydrogens is 428 g/mol. The maximum Gasteiger partial charge on any atom is 0.262 e. The number of amides is 2. The highest BCUT2D eigenvalue weighted by Crippen LogP contribution is 2.24. The zero-order chi connectivity index (χ0) is 23.9. The molecule has 0 aliphatic rings. The summed E-state index contributed by atoms with van der Waals surface area (Å²) in [5.41, 5.74) is 4.12. The Balaban J connectivity index is 1.30. The Labute approximate surface area is 198 Å². The van der Waals surface area contributed by atoms with Crippen LogP contribution in [0.2, 0.25) is 0 Å². The van der Waals surface area contributed by atoms with E-state index in [9.17, 15) is 9.59 Å². The molecule has 7 nitrogen and oxygen atoms in total. The van der Waals surface area contributed by atoms with Crippen LogP contribution < -0.4 is 15.4 Å². The Morgan fingerprint density at radius 2 is 1.62 bits per heavy atom. The number of nitrogens with one attached hydrogen (secondary N) is 3. The number of anilines is 2. The molecule has 0 aliphatic heterocycles. The molecule has 0 spiro atoms. The molecule has 0 unspecified atom stereocenters. The average molecular weight is 457 g/mol. The van der Waals surface area contributed by atoms with Gasteiger partial charge in [-0.3, -0.25) is 9.59 Å². The van der Waals surface area contributed by atoms with E-state index in [-0.39, 0.29) is 18.4 Å². The Morgan fingerprint density at radius 3 is 2.32 bits per heavy atom. The molecule has 0 atom stereocenters. The monoisotopic (exact) mass is 456 g/mol. The Hall–Kier alpha value is -4.10. The summed E-state index contributed by atoms with van der Waals surface area (Å²) >= 11 is 0. The van der Waals surface area contributed by atoms with Gasteiger partial charge < -0.3 is 25.3 Å². The van der Waals surface area contributed by atoms with Crippen LogP contribution in [0.4, 0.5) is 11.4 Å². The van der Waals surface area contributed by atoms with E-state index in [4.69, 9.17) is 4.74 Å². The number of aromatic nitrogens is 1. The van der Waals surface area contributed by atoms with Gasteiger partial charge in [0, 0.05) is 40.6 Å². The predicted octanol–water partition coefficient (Wildman–Crippen LogP) is 4.54. The smallest absolute Gasteiger partial charge is 0.262 e. The van der Waals surface area contributed by atoms with Gasteiger partial charge in [0.15, 0.2) is 6.61 Å². The van der Waals surface area contributed by atoms with Gasteiger partial charge in [0.25, 0.3) is 11.8 Å². The standard InChI is InChI=1S/C27H28N4O3/c1-31(2)15-14-20-17-28-25-13-12-23(16-24(20)25)34-18-26(32)29-21-8-10-22(11-9-21)30-27(33)19-6-4-3-5-7-19/h3-13,16-17,28H,14-15,18H2,1-2H3,(H,29,32)(H,30,33). The number of benzene rings is 3. The van der Waals surface area contributed by atoms with Gasteiger partial charge in [0.1, 0.15) is 5.75 Å². The highest BCUT2D eigenvalue weighted by molar-refractivity contribution is 6.04. The summed E-state index contributed by atoms with van der Waals surface area (Å²) in [4.78, 5) is 30.0. The van der Waals surface area contributed by atoms with E-state index in [2.05, 4.69) is 34.6 Å². The lowest BCUT2D eigenvalue weighted by Crippen LogP contribution is -2.20. The van der Waals surface area contributed by atoms with Crippen LogP contribution in [0.25, 0.3) is 10.9 Å². The zero-order valence-corrected chi connectivity index (χ0v) is 19.3. The number of carbonyl (C=O) groups excluding carboxylic acids is 2. The van der Waals surface area contributed by atoms with Crippen LogP contribution in [0, 0.1) is 0 Å². The number of aromatic amines is 1. The minimum atomic E-state index is -0.261. The van der Waals surface area contributed by atoms with Crippen LogP contribution in [0.3, 0.4) is 0 Å². The molecule has 1 aromatic heterocycles. The fraction of sp³-hybridized carbons (Fsp3) is 0.185. The van der Waals surface area contributed by atoms with Crippen LogP contribution in [0.1, 0.15) is 15.9 Å². The normalized spacial score (nSPS) is 10.9. The minimum Gasteiger partial charge on any atom is -0.484 e. The molecule has 0 aliphatic carbocycles. The van der Waals surface area contributed by atoms with Crippen LogP contribution in [0.15, 0.2) is 79.0 Å². The second-order valence-electron chi connectivity index (χ2n) is 8.31. The third-order valence-electron chi connectivity index (χ3n) is 5.40. The third kappa shape index (κ3) is 6.02. The van der Waals surface area contributed by atoms with Gasteiger partial charge in [-0.25, -0.2) is 0 Å². The average Bonchev–Trinajstić information content (AvgIpc) is 3.25. The van der Waals surface area contributed by atoms with E-state index in [0.717, 1.165) is 23.9 Å². The minimum absolute atomic E-state index is 0.102. The summed E-state index contributed by atoms with van der Waals surface area (Å²) in [6.45, 7) is 0.852. The van der Waals surface area contributed by atoms with Crippen molar-refractivity contribution in [2.75, 3.05) is 37.9 Å². The van der Waals surface area contributed by atoms with Crippen molar-refractivity contribution in [1.29, 1.82) is 0 Å². The SMILES string of the molecule is CN(C)CCc1c[nH]c2ccc(OCC(=O)Nc3ccc(NC(=O)c4ccccc4)cc3)cc12. The zero-order valence-electron chi connectivity index (χ0n) is 19.3. The fourth-order valence-electron chi connectivity index (χ4n) is 3.57. The summed E-state index contributed by atoms with van der Waals surface area (Å²) in [5, 5.41) is 6.75. The molecule has 7 heteroatoms. The van der Waals surface area contributed by atoms with E-state index in [1.54, 1.807) is 36.4 Å². The maximum atomic E-state index is 12.4. The number of ether oxygens (including phenoxy) is 1. The number of nitrogens with zero attached hydrogens (tertiary/aromatic N) is 1. The Kier molecular flexibility index (Phi) is 7.25. The van der Waals surface area contributed by atoms with Crippen LogP contribution in [-0.4, -0.2) is 48.9 Å². The molecule has 2 amide bonds. The second kappa shape index (κ2) is 10.7. The molecule has 0 fully saturated rings. The molecule has 0 saturated carbocycles. The van der Waals surface area contributed by atoms with E-state index >= 15 is 0 Å². The molecule has 3 aromatic carbocycles. The van der Waals surface area contributed by atoms with Crippen molar-refractivity contribution in [2.24, 2.45) is 0 Å². The quantitative estimate of drug-likeness (QED) is 0.345. The highest BCUT2D eigenvalue weighted by Gasteiger charge is 2.09. The van der Waals surface area contributed by atoms with Crippen molar-refractivity contribution < 1.29 is 14.3 Å².